The summed E-state index contributed by atoms with van der Waals surface area (Å²) in [6.45, 7) is 1.89. The molecule has 0 unspecified atom stereocenters. The summed E-state index contributed by atoms with van der Waals surface area (Å²) in [5.41, 5.74) is 8.64. The number of rotatable bonds is 1. The number of nitriles is 1. The van der Waals surface area contributed by atoms with Gasteiger partial charge in [0.2, 0.25) is 0 Å². The Morgan fingerprint density at radius 2 is 2.12 bits per heavy atom. The first kappa shape index (κ1) is 11.1. The van der Waals surface area contributed by atoms with Crippen LogP contribution in [0.15, 0.2) is 30.5 Å². The molecule has 2 rings (SSSR count). The molecule has 17 heavy (non-hydrogen) atoms. The Morgan fingerprint density at radius 3 is 2.82 bits per heavy atom. The minimum Gasteiger partial charge on any atom is -0.399 e. The van der Waals surface area contributed by atoms with E-state index in [1.807, 2.05) is 19.1 Å². The summed E-state index contributed by atoms with van der Waals surface area (Å²) in [6, 6.07) is 8.46. The SMILES string of the molecule is Cc1ccc(N)cc1-c1ncc(F)cc1C#N. The normalized spacial score (nSPS) is 9.94. The highest BCUT2D eigenvalue weighted by molar-refractivity contribution is 5.72. The predicted molar refractivity (Wildman–Crippen MR) is 63.5 cm³/mol. The van der Waals surface area contributed by atoms with Crippen LogP contribution in [0.1, 0.15) is 11.1 Å². The Labute approximate surface area is 98.3 Å². The fourth-order valence-corrected chi connectivity index (χ4v) is 1.63. The van der Waals surface area contributed by atoms with Crippen LogP contribution in [0.5, 0.6) is 0 Å². The third-order valence-corrected chi connectivity index (χ3v) is 2.49. The Hall–Kier alpha value is -2.41. The number of anilines is 1. The maximum absolute atomic E-state index is 13.0. The van der Waals surface area contributed by atoms with E-state index in [4.69, 9.17) is 11.0 Å². The van der Waals surface area contributed by atoms with E-state index >= 15 is 0 Å². The van der Waals surface area contributed by atoms with E-state index in [9.17, 15) is 4.39 Å². The number of pyridine rings is 1. The van der Waals surface area contributed by atoms with Gasteiger partial charge in [0.15, 0.2) is 0 Å². The first-order chi connectivity index (χ1) is 8.11. The molecule has 2 N–H and O–H groups in total. The molecule has 0 radical (unpaired) electrons. The van der Waals surface area contributed by atoms with Gasteiger partial charge in [-0.2, -0.15) is 5.26 Å². The Morgan fingerprint density at radius 1 is 1.35 bits per heavy atom. The molecule has 0 aliphatic heterocycles. The fourth-order valence-electron chi connectivity index (χ4n) is 1.63. The van der Waals surface area contributed by atoms with Crippen molar-refractivity contribution in [2.45, 2.75) is 6.92 Å². The van der Waals surface area contributed by atoms with Crippen LogP contribution in [-0.4, -0.2) is 4.98 Å². The van der Waals surface area contributed by atoms with Crippen molar-refractivity contribution in [3.63, 3.8) is 0 Å². The maximum atomic E-state index is 13.0. The number of benzene rings is 1. The van der Waals surface area contributed by atoms with Crippen molar-refractivity contribution >= 4 is 5.69 Å². The lowest BCUT2D eigenvalue weighted by Gasteiger charge is -2.07. The zero-order valence-corrected chi connectivity index (χ0v) is 9.24. The third-order valence-electron chi connectivity index (χ3n) is 2.49. The number of halogens is 1. The van der Waals surface area contributed by atoms with Gasteiger partial charge in [-0.15, -0.1) is 0 Å². The van der Waals surface area contributed by atoms with E-state index in [0.29, 0.717) is 11.4 Å². The highest BCUT2D eigenvalue weighted by atomic mass is 19.1. The average Bonchev–Trinajstić information content (AvgIpc) is 2.32. The molecule has 0 amide bonds. The number of nitrogens with two attached hydrogens (primary N) is 1. The van der Waals surface area contributed by atoms with Crippen LogP contribution >= 0.6 is 0 Å². The van der Waals surface area contributed by atoms with E-state index in [-0.39, 0.29) is 5.56 Å². The molecule has 1 aromatic heterocycles. The minimum atomic E-state index is -0.521. The van der Waals surface area contributed by atoms with E-state index in [1.165, 1.54) is 6.07 Å². The summed E-state index contributed by atoms with van der Waals surface area (Å²) >= 11 is 0. The minimum absolute atomic E-state index is 0.207. The molecule has 4 heteroatoms. The molecule has 0 atom stereocenters. The van der Waals surface area contributed by atoms with E-state index in [0.717, 1.165) is 17.3 Å². The van der Waals surface area contributed by atoms with Gasteiger partial charge in [-0.25, -0.2) is 4.39 Å². The van der Waals surface area contributed by atoms with Crippen molar-refractivity contribution in [3.8, 4) is 17.3 Å². The largest absolute Gasteiger partial charge is 0.399 e. The summed E-state index contributed by atoms with van der Waals surface area (Å²) in [4.78, 5) is 3.97. The van der Waals surface area contributed by atoms with E-state index < -0.39 is 5.82 Å². The summed E-state index contributed by atoms with van der Waals surface area (Å²) in [6.07, 6.45) is 1.10. The lowest BCUT2D eigenvalue weighted by molar-refractivity contribution is 0.621. The standard InChI is InChI=1S/C13H10FN3/c1-8-2-3-11(16)5-12(8)13-9(6-15)4-10(14)7-17-13/h2-5,7H,16H2,1H3. The highest BCUT2D eigenvalue weighted by Gasteiger charge is 2.10. The van der Waals surface area contributed by atoms with Gasteiger partial charge in [-0.1, -0.05) is 6.07 Å². The van der Waals surface area contributed by atoms with Crippen LogP contribution in [0, 0.1) is 24.1 Å². The maximum Gasteiger partial charge on any atom is 0.142 e. The van der Waals surface area contributed by atoms with Crippen LogP contribution < -0.4 is 5.73 Å². The molecular formula is C13H10FN3. The van der Waals surface area contributed by atoms with Crippen LogP contribution in [0.25, 0.3) is 11.3 Å². The summed E-state index contributed by atoms with van der Waals surface area (Å²) in [5.74, 6) is -0.521. The van der Waals surface area contributed by atoms with Crippen LogP contribution in [0.3, 0.4) is 0 Å². The molecule has 0 bridgehead atoms. The van der Waals surface area contributed by atoms with Crippen molar-refractivity contribution in [2.24, 2.45) is 0 Å². The molecular weight excluding hydrogens is 217 g/mol. The number of nitrogens with zero attached hydrogens (tertiary/aromatic N) is 2. The van der Waals surface area contributed by atoms with Gasteiger partial charge in [0, 0.05) is 11.3 Å². The monoisotopic (exact) mass is 227 g/mol. The van der Waals surface area contributed by atoms with Gasteiger partial charge < -0.3 is 5.73 Å². The lowest BCUT2D eigenvalue weighted by Crippen LogP contribution is -1.95. The Balaban J connectivity index is 2.69. The van der Waals surface area contributed by atoms with Crippen LogP contribution in [0.4, 0.5) is 10.1 Å². The van der Waals surface area contributed by atoms with Crippen molar-refractivity contribution in [1.82, 2.24) is 4.98 Å². The second-order valence-corrected chi connectivity index (χ2v) is 3.74. The number of nitrogen functional groups attached to an aromatic ring is 1. The van der Waals surface area contributed by atoms with Gasteiger partial charge in [0.05, 0.1) is 17.5 Å². The molecule has 84 valence electrons. The van der Waals surface area contributed by atoms with Crippen LogP contribution in [0.2, 0.25) is 0 Å². The molecule has 1 aromatic carbocycles. The first-order valence-corrected chi connectivity index (χ1v) is 5.04. The number of aromatic nitrogens is 1. The van der Waals surface area contributed by atoms with E-state index in [1.54, 1.807) is 12.1 Å². The van der Waals surface area contributed by atoms with E-state index in [2.05, 4.69) is 4.98 Å². The topological polar surface area (TPSA) is 62.7 Å². The molecule has 1 heterocycles. The zero-order valence-electron chi connectivity index (χ0n) is 9.24. The van der Waals surface area contributed by atoms with Crippen LogP contribution in [-0.2, 0) is 0 Å². The van der Waals surface area contributed by atoms with Gasteiger partial charge in [0.1, 0.15) is 11.9 Å². The van der Waals surface area contributed by atoms with Crippen molar-refractivity contribution < 1.29 is 4.39 Å². The molecule has 0 fully saturated rings. The fraction of sp³-hybridized carbons (Fsp3) is 0.0769. The predicted octanol–water partition coefficient (Wildman–Crippen LogP) is 2.65. The second kappa shape index (κ2) is 4.22. The molecule has 3 nitrogen and oxygen atoms in total. The molecule has 0 aliphatic carbocycles. The van der Waals surface area contributed by atoms with Crippen molar-refractivity contribution in [2.75, 3.05) is 5.73 Å². The van der Waals surface area contributed by atoms with Crippen molar-refractivity contribution in [3.05, 3.63) is 47.4 Å². The number of hydrogen-bond acceptors (Lipinski definition) is 3. The quantitative estimate of drug-likeness (QED) is 0.762. The lowest BCUT2D eigenvalue weighted by atomic mass is 10.0. The summed E-state index contributed by atoms with van der Waals surface area (Å²) in [7, 11) is 0. The second-order valence-electron chi connectivity index (χ2n) is 3.74. The van der Waals surface area contributed by atoms with Gasteiger partial charge >= 0.3 is 0 Å². The summed E-state index contributed by atoms with van der Waals surface area (Å²) < 4.78 is 13.0. The number of aryl methyl sites for hydroxylation is 1. The van der Waals surface area contributed by atoms with Gasteiger partial charge in [0.25, 0.3) is 0 Å². The molecule has 0 saturated heterocycles. The average molecular weight is 227 g/mol. The first-order valence-electron chi connectivity index (χ1n) is 5.04. The highest BCUT2D eigenvalue weighted by Crippen LogP contribution is 2.26. The van der Waals surface area contributed by atoms with Gasteiger partial charge in [-0.3, -0.25) is 4.98 Å². The molecule has 0 saturated carbocycles. The molecule has 0 spiro atoms. The number of hydrogen-bond donors (Lipinski definition) is 1. The molecule has 0 aliphatic rings. The Kier molecular flexibility index (Phi) is 2.75. The van der Waals surface area contributed by atoms with Gasteiger partial charge in [-0.05, 0) is 30.7 Å². The molecule has 2 aromatic rings. The summed E-state index contributed by atoms with van der Waals surface area (Å²) in [5, 5.41) is 8.98. The third kappa shape index (κ3) is 2.08. The smallest absolute Gasteiger partial charge is 0.142 e. The Bertz CT molecular complexity index is 615. The zero-order chi connectivity index (χ0) is 12.4. The van der Waals surface area contributed by atoms with Crippen molar-refractivity contribution in [1.29, 1.82) is 5.26 Å².